The summed E-state index contributed by atoms with van der Waals surface area (Å²) in [6.45, 7) is 3.45. The molecule has 4 nitrogen and oxygen atoms in total. The number of amides is 1. The second-order valence-corrected chi connectivity index (χ2v) is 7.68. The molecule has 0 aromatic heterocycles. The molecule has 3 fully saturated rings. The van der Waals surface area contributed by atoms with Crippen LogP contribution < -0.4 is 9.64 Å². The number of ether oxygens (including phenoxy) is 1. The highest BCUT2D eigenvalue weighted by atomic mass is 16.5. The van der Waals surface area contributed by atoms with Gasteiger partial charge >= 0.3 is 0 Å². The number of anilines is 1. The Bertz CT molecular complexity index is 595. The van der Waals surface area contributed by atoms with E-state index in [0.717, 1.165) is 55.9 Å². The predicted octanol–water partition coefficient (Wildman–Crippen LogP) is 3.17. The molecule has 2 aliphatic carbocycles. The first-order valence-corrected chi connectivity index (χ1v) is 9.40. The van der Waals surface area contributed by atoms with E-state index in [-0.39, 0.29) is 0 Å². The van der Waals surface area contributed by atoms with Gasteiger partial charge in [0.2, 0.25) is 5.91 Å². The fraction of sp³-hybridized carbons (Fsp3) is 0.650. The van der Waals surface area contributed by atoms with Crippen LogP contribution in [-0.4, -0.2) is 44.1 Å². The SMILES string of the molecule is COc1ccccc1N1CCN(C(=O)C[C@H]2C[C@@H]3CC[C@@H]2C3)CC1. The van der Waals surface area contributed by atoms with Crippen LogP contribution in [0.5, 0.6) is 5.75 Å². The van der Waals surface area contributed by atoms with Crippen molar-refractivity contribution in [2.24, 2.45) is 17.8 Å². The molecule has 1 aromatic carbocycles. The van der Waals surface area contributed by atoms with Gasteiger partial charge in [-0.25, -0.2) is 0 Å². The van der Waals surface area contributed by atoms with E-state index in [1.807, 2.05) is 18.2 Å². The summed E-state index contributed by atoms with van der Waals surface area (Å²) in [6, 6.07) is 8.15. The Balaban J connectivity index is 1.32. The third kappa shape index (κ3) is 2.99. The molecule has 4 rings (SSSR count). The molecular weight excluding hydrogens is 300 g/mol. The molecule has 0 spiro atoms. The van der Waals surface area contributed by atoms with Crippen molar-refractivity contribution < 1.29 is 9.53 Å². The zero-order valence-corrected chi connectivity index (χ0v) is 14.6. The molecule has 130 valence electrons. The maximum atomic E-state index is 12.7. The van der Waals surface area contributed by atoms with Gasteiger partial charge in [-0.05, 0) is 49.1 Å². The van der Waals surface area contributed by atoms with Crippen molar-refractivity contribution in [3.05, 3.63) is 24.3 Å². The molecule has 2 bridgehead atoms. The van der Waals surface area contributed by atoms with E-state index >= 15 is 0 Å². The zero-order chi connectivity index (χ0) is 16.5. The highest BCUT2D eigenvalue weighted by molar-refractivity contribution is 5.77. The second kappa shape index (κ2) is 6.66. The lowest BCUT2D eigenvalue weighted by Crippen LogP contribution is -2.49. The number of nitrogens with zero attached hydrogens (tertiary/aromatic N) is 2. The topological polar surface area (TPSA) is 32.8 Å². The zero-order valence-electron chi connectivity index (χ0n) is 14.6. The smallest absolute Gasteiger partial charge is 0.222 e. The molecule has 0 radical (unpaired) electrons. The van der Waals surface area contributed by atoms with Crippen LogP contribution in [0.3, 0.4) is 0 Å². The summed E-state index contributed by atoms with van der Waals surface area (Å²) >= 11 is 0. The van der Waals surface area contributed by atoms with Gasteiger partial charge < -0.3 is 14.5 Å². The van der Waals surface area contributed by atoms with Gasteiger partial charge in [0.25, 0.3) is 0 Å². The van der Waals surface area contributed by atoms with Crippen molar-refractivity contribution >= 4 is 11.6 Å². The van der Waals surface area contributed by atoms with Crippen molar-refractivity contribution in [3.63, 3.8) is 0 Å². The van der Waals surface area contributed by atoms with E-state index in [4.69, 9.17) is 4.74 Å². The van der Waals surface area contributed by atoms with Crippen LogP contribution in [0.25, 0.3) is 0 Å². The molecule has 1 amide bonds. The van der Waals surface area contributed by atoms with Crippen LogP contribution in [0.2, 0.25) is 0 Å². The van der Waals surface area contributed by atoms with Gasteiger partial charge in [0.1, 0.15) is 5.75 Å². The maximum absolute atomic E-state index is 12.7. The molecule has 0 N–H and O–H groups in total. The standard InChI is InChI=1S/C20H28N2O2/c1-24-19-5-3-2-4-18(19)21-8-10-22(11-9-21)20(23)14-17-13-15-6-7-16(17)12-15/h2-5,15-17H,6-14H2,1H3/t15-,16-,17-/m1/s1. The third-order valence-electron chi connectivity index (χ3n) is 6.38. The summed E-state index contributed by atoms with van der Waals surface area (Å²) in [5.41, 5.74) is 1.14. The molecule has 1 aliphatic heterocycles. The average molecular weight is 328 g/mol. The van der Waals surface area contributed by atoms with Crippen LogP contribution >= 0.6 is 0 Å². The Morgan fingerprint density at radius 3 is 2.58 bits per heavy atom. The summed E-state index contributed by atoms with van der Waals surface area (Å²) in [4.78, 5) is 17.1. The number of carbonyl (C=O) groups is 1. The molecule has 4 heteroatoms. The van der Waals surface area contributed by atoms with Crippen LogP contribution in [0, 0.1) is 17.8 Å². The number of carbonyl (C=O) groups excluding carboxylic acids is 1. The van der Waals surface area contributed by atoms with Crippen molar-refractivity contribution in [2.45, 2.75) is 32.1 Å². The Hall–Kier alpha value is -1.71. The molecular formula is C20H28N2O2. The van der Waals surface area contributed by atoms with Gasteiger partial charge in [0.15, 0.2) is 0 Å². The predicted molar refractivity (Wildman–Crippen MR) is 95.3 cm³/mol. The summed E-state index contributed by atoms with van der Waals surface area (Å²) < 4.78 is 5.47. The fourth-order valence-corrected chi connectivity index (χ4v) is 5.07. The Morgan fingerprint density at radius 1 is 1.12 bits per heavy atom. The van der Waals surface area contributed by atoms with E-state index in [0.29, 0.717) is 11.8 Å². The van der Waals surface area contributed by atoms with Crippen LogP contribution in [0.15, 0.2) is 24.3 Å². The third-order valence-corrected chi connectivity index (χ3v) is 6.38. The Labute approximate surface area is 144 Å². The number of hydrogen-bond donors (Lipinski definition) is 0. The molecule has 0 unspecified atom stereocenters. The summed E-state index contributed by atoms with van der Waals surface area (Å²) in [6.07, 6.45) is 6.25. The van der Waals surface area contributed by atoms with Crippen LogP contribution in [0.4, 0.5) is 5.69 Å². The molecule has 2 saturated carbocycles. The highest BCUT2D eigenvalue weighted by Gasteiger charge is 2.40. The van der Waals surface area contributed by atoms with Crippen molar-refractivity contribution in [1.29, 1.82) is 0 Å². The van der Waals surface area contributed by atoms with E-state index < -0.39 is 0 Å². The average Bonchev–Trinajstić information content (AvgIpc) is 3.25. The van der Waals surface area contributed by atoms with E-state index in [1.54, 1.807) is 7.11 Å². The molecule has 3 atom stereocenters. The number of para-hydroxylation sites is 2. The van der Waals surface area contributed by atoms with Crippen molar-refractivity contribution in [3.8, 4) is 5.75 Å². The van der Waals surface area contributed by atoms with Crippen LogP contribution in [0.1, 0.15) is 32.1 Å². The number of piperazine rings is 1. The Morgan fingerprint density at radius 2 is 1.92 bits per heavy atom. The number of rotatable bonds is 4. The first-order valence-electron chi connectivity index (χ1n) is 9.40. The van der Waals surface area contributed by atoms with Gasteiger partial charge in [-0.2, -0.15) is 0 Å². The second-order valence-electron chi connectivity index (χ2n) is 7.68. The van der Waals surface area contributed by atoms with E-state index in [9.17, 15) is 4.79 Å². The quantitative estimate of drug-likeness (QED) is 0.851. The minimum Gasteiger partial charge on any atom is -0.495 e. The van der Waals surface area contributed by atoms with Crippen molar-refractivity contribution in [1.82, 2.24) is 4.90 Å². The van der Waals surface area contributed by atoms with Gasteiger partial charge in [-0.15, -0.1) is 0 Å². The Kier molecular flexibility index (Phi) is 4.38. The van der Waals surface area contributed by atoms with Crippen molar-refractivity contribution in [2.75, 3.05) is 38.2 Å². The normalized spacial score (nSPS) is 29.1. The lowest BCUT2D eigenvalue weighted by atomic mass is 9.86. The molecule has 24 heavy (non-hydrogen) atoms. The summed E-state index contributed by atoms with van der Waals surface area (Å²) in [7, 11) is 1.72. The first-order chi connectivity index (χ1) is 11.7. The summed E-state index contributed by atoms with van der Waals surface area (Å²) in [5, 5.41) is 0. The van der Waals surface area contributed by atoms with Gasteiger partial charge in [-0.1, -0.05) is 18.6 Å². The number of hydrogen-bond acceptors (Lipinski definition) is 3. The fourth-order valence-electron chi connectivity index (χ4n) is 5.07. The molecule has 1 saturated heterocycles. The first kappa shape index (κ1) is 15.8. The monoisotopic (exact) mass is 328 g/mol. The molecule has 3 aliphatic rings. The number of benzene rings is 1. The minimum atomic E-state index is 0.382. The van der Waals surface area contributed by atoms with Gasteiger partial charge in [-0.3, -0.25) is 4.79 Å². The van der Waals surface area contributed by atoms with Crippen LogP contribution in [-0.2, 0) is 4.79 Å². The highest BCUT2D eigenvalue weighted by Crippen LogP contribution is 2.49. The van der Waals surface area contributed by atoms with Gasteiger partial charge in [0.05, 0.1) is 12.8 Å². The lowest BCUT2D eigenvalue weighted by Gasteiger charge is -2.37. The number of methoxy groups -OCH3 is 1. The number of fused-ring (bicyclic) bond motifs is 2. The molecule has 1 heterocycles. The largest absolute Gasteiger partial charge is 0.495 e. The van der Waals surface area contributed by atoms with E-state index in [2.05, 4.69) is 15.9 Å². The van der Waals surface area contributed by atoms with Gasteiger partial charge in [0, 0.05) is 32.6 Å². The van der Waals surface area contributed by atoms with E-state index in [1.165, 1.54) is 25.7 Å². The molecule has 1 aromatic rings. The minimum absolute atomic E-state index is 0.382. The maximum Gasteiger partial charge on any atom is 0.222 e. The lowest BCUT2D eigenvalue weighted by molar-refractivity contribution is -0.132. The summed E-state index contributed by atoms with van der Waals surface area (Å²) in [5.74, 6) is 3.74.